The van der Waals surface area contributed by atoms with Gasteiger partial charge in [0, 0.05) is 22.3 Å². The lowest BCUT2D eigenvalue weighted by molar-refractivity contribution is 0.102. The predicted octanol–water partition coefficient (Wildman–Crippen LogP) is 6.27. The lowest BCUT2D eigenvalue weighted by Crippen LogP contribution is -2.15. The number of carbonyl (C=O) groups is 2. The number of hydrogen-bond donors (Lipinski definition) is 0. The van der Waals surface area contributed by atoms with Gasteiger partial charge >= 0.3 is 0 Å². The molecule has 0 amide bonds. The van der Waals surface area contributed by atoms with Crippen molar-refractivity contribution in [1.82, 2.24) is 9.97 Å². The normalized spacial score (nSPS) is 10.6. The van der Waals surface area contributed by atoms with Gasteiger partial charge in [-0.05, 0) is 0 Å². The van der Waals surface area contributed by atoms with Crippen molar-refractivity contribution in [2.24, 2.45) is 0 Å². The van der Waals surface area contributed by atoms with Gasteiger partial charge in [-0.2, -0.15) is 0 Å². The Hall–Kier alpha value is -4.70. The molecule has 0 N–H and O–H groups in total. The zero-order valence-corrected chi connectivity index (χ0v) is 18.3. The Morgan fingerprint density at radius 2 is 0.706 bits per heavy atom. The van der Waals surface area contributed by atoms with Crippen LogP contribution in [-0.2, 0) is 0 Å². The minimum absolute atomic E-state index is 0.209. The summed E-state index contributed by atoms with van der Waals surface area (Å²) in [4.78, 5) is 36.8. The Morgan fingerprint density at radius 1 is 0.412 bits per heavy atom. The highest BCUT2D eigenvalue weighted by Gasteiger charge is 2.25. The van der Waals surface area contributed by atoms with Crippen LogP contribution in [0.5, 0.6) is 0 Å². The van der Waals surface area contributed by atoms with Crippen molar-refractivity contribution in [2.75, 3.05) is 0 Å². The fourth-order valence-corrected chi connectivity index (χ4v) is 3.80. The maximum atomic E-state index is 13.6. The maximum Gasteiger partial charge on any atom is 0.213 e. The van der Waals surface area contributed by atoms with E-state index in [4.69, 9.17) is 9.97 Å². The van der Waals surface area contributed by atoms with E-state index in [-0.39, 0.29) is 23.0 Å². The van der Waals surface area contributed by atoms with Crippen LogP contribution in [0.2, 0.25) is 0 Å². The van der Waals surface area contributed by atoms with E-state index in [0.29, 0.717) is 22.5 Å². The van der Waals surface area contributed by atoms with Crippen LogP contribution in [0.3, 0.4) is 0 Å². The molecule has 0 saturated heterocycles. The first kappa shape index (κ1) is 21.2. The van der Waals surface area contributed by atoms with Gasteiger partial charge in [-0.25, -0.2) is 9.97 Å². The van der Waals surface area contributed by atoms with Crippen LogP contribution >= 0.6 is 0 Å². The van der Waals surface area contributed by atoms with Gasteiger partial charge in [-0.15, -0.1) is 0 Å². The summed E-state index contributed by atoms with van der Waals surface area (Å²) in [5.41, 5.74) is 3.64. The number of aromatic nitrogens is 2. The zero-order chi connectivity index (χ0) is 23.3. The van der Waals surface area contributed by atoms with Gasteiger partial charge in [0.25, 0.3) is 0 Å². The molecule has 1 aromatic heterocycles. The molecule has 0 atom stereocenters. The van der Waals surface area contributed by atoms with Gasteiger partial charge in [-0.3, -0.25) is 9.59 Å². The van der Waals surface area contributed by atoms with Crippen molar-refractivity contribution < 1.29 is 9.59 Å². The summed E-state index contributed by atoms with van der Waals surface area (Å²) < 4.78 is 0. The summed E-state index contributed by atoms with van der Waals surface area (Å²) in [6.07, 6.45) is 0. The smallest absolute Gasteiger partial charge is 0.213 e. The highest BCUT2D eigenvalue weighted by molar-refractivity contribution is 6.14. The van der Waals surface area contributed by atoms with Gasteiger partial charge in [0.15, 0.2) is 0 Å². The average Bonchev–Trinajstić information content (AvgIpc) is 2.93. The predicted molar refractivity (Wildman–Crippen MR) is 133 cm³/mol. The van der Waals surface area contributed by atoms with E-state index in [2.05, 4.69) is 0 Å². The van der Waals surface area contributed by atoms with Gasteiger partial charge < -0.3 is 0 Å². The van der Waals surface area contributed by atoms with Crippen LogP contribution in [0.15, 0.2) is 121 Å². The second kappa shape index (κ2) is 9.43. The highest BCUT2D eigenvalue weighted by atomic mass is 16.1. The van der Waals surface area contributed by atoms with E-state index in [1.165, 1.54) is 0 Å². The summed E-state index contributed by atoms with van der Waals surface area (Å²) in [5.74, 6) is -0.495. The number of rotatable bonds is 6. The Kier molecular flexibility index (Phi) is 5.87. The number of benzene rings is 4. The molecule has 162 valence electrons. The maximum absolute atomic E-state index is 13.6. The van der Waals surface area contributed by atoms with Gasteiger partial charge in [-0.1, -0.05) is 121 Å². The molecule has 5 aromatic rings. The van der Waals surface area contributed by atoms with Crippen molar-refractivity contribution >= 4 is 11.6 Å². The lowest BCUT2D eigenvalue weighted by atomic mass is 9.98. The molecule has 4 heteroatoms. The van der Waals surface area contributed by atoms with Gasteiger partial charge in [0.1, 0.15) is 22.8 Å². The molecule has 5 rings (SSSR count). The molecule has 4 aromatic carbocycles. The molecule has 0 fully saturated rings. The summed E-state index contributed by atoms with van der Waals surface area (Å²) in [5, 5.41) is 0. The Labute approximate surface area is 197 Å². The Balaban J connectivity index is 1.79. The Morgan fingerprint density at radius 3 is 1.03 bits per heavy atom. The van der Waals surface area contributed by atoms with E-state index < -0.39 is 0 Å². The molecule has 0 aliphatic carbocycles. The summed E-state index contributed by atoms with van der Waals surface area (Å²) in [7, 11) is 0. The lowest BCUT2D eigenvalue weighted by Gasteiger charge is -2.14. The first-order chi connectivity index (χ1) is 16.7. The minimum Gasteiger partial charge on any atom is -0.287 e. The van der Waals surface area contributed by atoms with E-state index in [9.17, 15) is 9.59 Å². The molecule has 0 bridgehead atoms. The molecule has 0 spiro atoms. The van der Waals surface area contributed by atoms with Gasteiger partial charge in [0.05, 0.1) is 0 Å². The monoisotopic (exact) mass is 440 g/mol. The van der Waals surface area contributed by atoms with Crippen molar-refractivity contribution in [3.63, 3.8) is 0 Å². The molecule has 0 aliphatic rings. The standard InChI is InChI=1S/C30H20N2O2/c33-29(23-17-9-3-10-18-23)27-25(21-13-5-1-6-14-21)31-28(30(34)24-19-11-4-12-20-24)26(32-27)22-15-7-2-8-16-22/h1-20H. The van der Waals surface area contributed by atoms with Crippen molar-refractivity contribution in [3.05, 3.63) is 144 Å². The van der Waals surface area contributed by atoms with Crippen molar-refractivity contribution in [3.8, 4) is 22.5 Å². The first-order valence-corrected chi connectivity index (χ1v) is 10.9. The summed E-state index contributed by atoms with van der Waals surface area (Å²) >= 11 is 0. The van der Waals surface area contributed by atoms with Gasteiger partial charge in [0.2, 0.25) is 11.6 Å². The number of nitrogens with zero attached hydrogens (tertiary/aromatic N) is 2. The third-order valence-electron chi connectivity index (χ3n) is 5.49. The molecule has 34 heavy (non-hydrogen) atoms. The summed E-state index contributed by atoms with van der Waals surface area (Å²) in [6, 6.07) is 36.7. The Bertz CT molecular complexity index is 1340. The molecular weight excluding hydrogens is 420 g/mol. The number of ketones is 2. The largest absolute Gasteiger partial charge is 0.287 e. The minimum atomic E-state index is -0.247. The molecular formula is C30H20N2O2. The fourth-order valence-electron chi connectivity index (χ4n) is 3.80. The first-order valence-electron chi connectivity index (χ1n) is 10.9. The third-order valence-corrected chi connectivity index (χ3v) is 5.49. The van der Waals surface area contributed by atoms with Crippen LogP contribution < -0.4 is 0 Å². The summed E-state index contributed by atoms with van der Waals surface area (Å²) in [6.45, 7) is 0. The molecule has 0 aliphatic heterocycles. The van der Waals surface area contributed by atoms with E-state index >= 15 is 0 Å². The fraction of sp³-hybridized carbons (Fsp3) is 0. The number of hydrogen-bond acceptors (Lipinski definition) is 4. The zero-order valence-electron chi connectivity index (χ0n) is 18.3. The average molecular weight is 441 g/mol. The second-order valence-electron chi connectivity index (χ2n) is 7.74. The van der Waals surface area contributed by atoms with Crippen LogP contribution in [-0.4, -0.2) is 21.5 Å². The van der Waals surface area contributed by atoms with E-state index in [1.807, 2.05) is 97.1 Å². The molecule has 0 unspecified atom stereocenters. The van der Waals surface area contributed by atoms with Crippen molar-refractivity contribution in [1.29, 1.82) is 0 Å². The SMILES string of the molecule is O=C(c1ccccc1)c1nc(-c2ccccc2)c(C(=O)c2ccccc2)nc1-c1ccccc1. The molecule has 0 saturated carbocycles. The van der Waals surface area contributed by atoms with Crippen molar-refractivity contribution in [2.45, 2.75) is 0 Å². The molecule has 4 nitrogen and oxygen atoms in total. The van der Waals surface area contributed by atoms with Crippen LogP contribution in [0, 0.1) is 0 Å². The molecule has 1 heterocycles. The van der Waals surface area contributed by atoms with Crippen LogP contribution in [0.4, 0.5) is 0 Å². The van der Waals surface area contributed by atoms with Crippen LogP contribution in [0.1, 0.15) is 32.1 Å². The van der Waals surface area contributed by atoms with E-state index in [0.717, 1.165) is 11.1 Å². The third kappa shape index (κ3) is 4.17. The van der Waals surface area contributed by atoms with E-state index in [1.54, 1.807) is 24.3 Å². The number of carbonyl (C=O) groups excluding carboxylic acids is 2. The second-order valence-corrected chi connectivity index (χ2v) is 7.74. The highest BCUT2D eigenvalue weighted by Crippen LogP contribution is 2.30. The quantitative estimate of drug-likeness (QED) is 0.292. The molecule has 0 radical (unpaired) electrons. The topological polar surface area (TPSA) is 59.9 Å². The van der Waals surface area contributed by atoms with Crippen LogP contribution in [0.25, 0.3) is 22.5 Å².